The average Bonchev–Trinajstić information content (AvgIpc) is 2.27. The van der Waals surface area contributed by atoms with Gasteiger partial charge in [0.15, 0.2) is 0 Å². The minimum absolute atomic E-state index is 0.0232. The summed E-state index contributed by atoms with van der Waals surface area (Å²) in [6, 6.07) is 5.51. The van der Waals surface area contributed by atoms with E-state index in [9.17, 15) is 13.2 Å². The second kappa shape index (κ2) is 6.17. The smallest absolute Gasteiger partial charge is 0.166 e. The summed E-state index contributed by atoms with van der Waals surface area (Å²) in [7, 11) is 0. The van der Waals surface area contributed by atoms with Crippen LogP contribution >= 0.6 is 11.6 Å². The van der Waals surface area contributed by atoms with E-state index in [0.717, 1.165) is 18.9 Å². The molecule has 108 valence electrons. The number of hydrogen-bond acceptors (Lipinski definition) is 0. The van der Waals surface area contributed by atoms with Gasteiger partial charge in [0.2, 0.25) is 0 Å². The largest absolute Gasteiger partial charge is 0.416 e. The molecule has 0 aliphatic rings. The Labute approximate surface area is 118 Å². The van der Waals surface area contributed by atoms with Crippen LogP contribution in [0.5, 0.6) is 0 Å². The van der Waals surface area contributed by atoms with Crippen molar-refractivity contribution in [3.05, 3.63) is 35.4 Å². The number of hydrogen-bond donors (Lipinski definition) is 0. The summed E-state index contributed by atoms with van der Waals surface area (Å²) in [6.07, 6.45) is -2.03. The first kappa shape index (κ1) is 16.4. The molecule has 0 fully saturated rings. The van der Waals surface area contributed by atoms with Crippen molar-refractivity contribution >= 4 is 11.6 Å². The Balaban J connectivity index is 2.55. The predicted molar refractivity (Wildman–Crippen MR) is 73.5 cm³/mol. The van der Waals surface area contributed by atoms with Crippen LogP contribution in [0.3, 0.4) is 0 Å². The van der Waals surface area contributed by atoms with Crippen LogP contribution in [-0.2, 0) is 12.6 Å². The molecule has 0 aliphatic carbocycles. The van der Waals surface area contributed by atoms with E-state index in [1.165, 1.54) is 12.1 Å². The highest BCUT2D eigenvalue weighted by atomic mass is 35.5. The minimum atomic E-state index is -4.27. The van der Waals surface area contributed by atoms with Crippen LogP contribution in [-0.4, -0.2) is 5.38 Å². The van der Waals surface area contributed by atoms with Crippen LogP contribution in [0, 0.1) is 5.41 Å². The van der Waals surface area contributed by atoms with Gasteiger partial charge in [0.25, 0.3) is 0 Å². The van der Waals surface area contributed by atoms with E-state index in [0.29, 0.717) is 12.0 Å². The summed E-state index contributed by atoms with van der Waals surface area (Å²) in [5, 5.41) is 0.0401. The van der Waals surface area contributed by atoms with Gasteiger partial charge < -0.3 is 0 Å². The molecule has 4 heteroatoms. The Morgan fingerprint density at radius 2 is 1.79 bits per heavy atom. The average molecular weight is 293 g/mol. The second-order valence-corrected chi connectivity index (χ2v) is 6.45. The molecule has 1 unspecified atom stereocenters. The molecule has 0 bridgehead atoms. The van der Waals surface area contributed by atoms with Gasteiger partial charge in [0, 0.05) is 5.38 Å². The molecular formula is C15H20ClF3. The summed E-state index contributed by atoms with van der Waals surface area (Å²) in [6.45, 7) is 6.19. The van der Waals surface area contributed by atoms with Crippen LogP contribution in [0.4, 0.5) is 13.2 Å². The fourth-order valence-corrected chi connectivity index (χ4v) is 1.98. The highest BCUT2D eigenvalue weighted by Gasteiger charge is 2.30. The monoisotopic (exact) mass is 292 g/mol. The lowest BCUT2D eigenvalue weighted by Crippen LogP contribution is -2.20. The molecule has 0 saturated carbocycles. The van der Waals surface area contributed by atoms with Crippen molar-refractivity contribution in [2.45, 2.75) is 51.6 Å². The van der Waals surface area contributed by atoms with Crippen LogP contribution in [0.2, 0.25) is 0 Å². The maximum atomic E-state index is 12.6. The maximum absolute atomic E-state index is 12.6. The number of halogens is 4. The molecule has 0 heterocycles. The SMILES string of the molecule is CC(C)(C)C(Cl)CCCc1cccc(C(F)(F)F)c1. The zero-order chi connectivity index (χ0) is 14.7. The van der Waals surface area contributed by atoms with E-state index in [1.807, 2.05) is 0 Å². The Kier molecular flexibility index (Phi) is 5.31. The summed E-state index contributed by atoms with van der Waals surface area (Å²) in [5.74, 6) is 0. The molecular weight excluding hydrogens is 273 g/mol. The van der Waals surface area contributed by atoms with E-state index in [1.54, 1.807) is 6.07 Å². The lowest BCUT2D eigenvalue weighted by atomic mass is 9.88. The molecule has 0 spiro atoms. The first-order chi connectivity index (χ1) is 8.60. The fraction of sp³-hybridized carbons (Fsp3) is 0.600. The number of aryl methyl sites for hydroxylation is 1. The normalized spacial score (nSPS) is 14.5. The molecule has 19 heavy (non-hydrogen) atoms. The molecule has 0 amide bonds. The first-order valence-electron chi connectivity index (χ1n) is 6.41. The van der Waals surface area contributed by atoms with Crippen LogP contribution in [0.25, 0.3) is 0 Å². The van der Waals surface area contributed by atoms with Gasteiger partial charge in [-0.2, -0.15) is 13.2 Å². The van der Waals surface area contributed by atoms with Gasteiger partial charge in [0.05, 0.1) is 5.56 Å². The molecule has 0 saturated heterocycles. The zero-order valence-electron chi connectivity index (χ0n) is 11.5. The summed E-state index contributed by atoms with van der Waals surface area (Å²) in [4.78, 5) is 0. The molecule has 0 aromatic heterocycles. The molecule has 1 aromatic carbocycles. The molecule has 0 N–H and O–H groups in total. The predicted octanol–water partition coefficient (Wildman–Crippen LogP) is 5.68. The number of benzene rings is 1. The van der Waals surface area contributed by atoms with Crippen molar-refractivity contribution in [2.75, 3.05) is 0 Å². The van der Waals surface area contributed by atoms with Crippen molar-refractivity contribution in [1.82, 2.24) is 0 Å². The summed E-state index contributed by atoms with van der Waals surface area (Å²) >= 11 is 6.25. The van der Waals surface area contributed by atoms with Crippen molar-refractivity contribution in [1.29, 1.82) is 0 Å². The highest BCUT2D eigenvalue weighted by Crippen LogP contribution is 2.31. The van der Waals surface area contributed by atoms with Crippen LogP contribution in [0.15, 0.2) is 24.3 Å². The van der Waals surface area contributed by atoms with Gasteiger partial charge in [-0.25, -0.2) is 0 Å². The standard InChI is InChI=1S/C15H20ClF3/c1-14(2,3)13(16)9-5-7-11-6-4-8-12(10-11)15(17,18)19/h4,6,8,10,13H,5,7,9H2,1-3H3. The fourth-order valence-electron chi connectivity index (χ4n) is 1.82. The van der Waals surface area contributed by atoms with Crippen molar-refractivity contribution < 1.29 is 13.2 Å². The topological polar surface area (TPSA) is 0 Å². The molecule has 0 radical (unpaired) electrons. The van der Waals surface area contributed by atoms with E-state index in [2.05, 4.69) is 20.8 Å². The highest BCUT2D eigenvalue weighted by molar-refractivity contribution is 6.21. The third-order valence-corrected chi connectivity index (χ3v) is 3.99. The molecule has 1 rings (SSSR count). The van der Waals surface area contributed by atoms with Crippen LogP contribution in [0.1, 0.15) is 44.7 Å². The van der Waals surface area contributed by atoms with Gasteiger partial charge in [-0.15, -0.1) is 11.6 Å². The number of alkyl halides is 4. The van der Waals surface area contributed by atoms with Gasteiger partial charge >= 0.3 is 6.18 Å². The lowest BCUT2D eigenvalue weighted by Gasteiger charge is -2.25. The maximum Gasteiger partial charge on any atom is 0.416 e. The third-order valence-electron chi connectivity index (χ3n) is 3.12. The number of rotatable bonds is 4. The van der Waals surface area contributed by atoms with Crippen molar-refractivity contribution in [3.8, 4) is 0 Å². The van der Waals surface area contributed by atoms with Gasteiger partial charge in [-0.1, -0.05) is 39.0 Å². The molecule has 1 aromatic rings. The Bertz CT molecular complexity index is 405. The van der Waals surface area contributed by atoms with E-state index in [4.69, 9.17) is 11.6 Å². The van der Waals surface area contributed by atoms with Crippen molar-refractivity contribution in [3.63, 3.8) is 0 Å². The molecule has 1 atom stereocenters. The molecule has 0 aliphatic heterocycles. The third kappa shape index (κ3) is 5.43. The first-order valence-corrected chi connectivity index (χ1v) is 6.84. The van der Waals surface area contributed by atoms with Gasteiger partial charge in [-0.05, 0) is 36.3 Å². The van der Waals surface area contributed by atoms with E-state index < -0.39 is 11.7 Å². The Morgan fingerprint density at radius 1 is 1.16 bits per heavy atom. The van der Waals surface area contributed by atoms with Crippen LogP contribution < -0.4 is 0 Å². The van der Waals surface area contributed by atoms with E-state index in [-0.39, 0.29) is 10.8 Å². The summed E-state index contributed by atoms with van der Waals surface area (Å²) in [5.41, 5.74) is 0.158. The minimum Gasteiger partial charge on any atom is -0.166 e. The Morgan fingerprint density at radius 3 is 2.32 bits per heavy atom. The van der Waals surface area contributed by atoms with Gasteiger partial charge in [0.1, 0.15) is 0 Å². The lowest BCUT2D eigenvalue weighted by molar-refractivity contribution is -0.137. The molecule has 0 nitrogen and oxygen atoms in total. The Hall–Kier alpha value is -0.700. The second-order valence-electron chi connectivity index (χ2n) is 5.92. The van der Waals surface area contributed by atoms with Crippen molar-refractivity contribution in [2.24, 2.45) is 5.41 Å². The summed E-state index contributed by atoms with van der Waals surface area (Å²) < 4.78 is 37.7. The zero-order valence-corrected chi connectivity index (χ0v) is 12.3. The van der Waals surface area contributed by atoms with Gasteiger partial charge in [-0.3, -0.25) is 0 Å². The van der Waals surface area contributed by atoms with E-state index >= 15 is 0 Å². The quantitative estimate of drug-likeness (QED) is 0.626.